The maximum atomic E-state index is 13.5. The van der Waals surface area contributed by atoms with E-state index < -0.39 is 5.60 Å². The third kappa shape index (κ3) is 3.56. The zero-order chi connectivity index (χ0) is 19.9. The average molecular weight is 373 g/mol. The molecule has 0 N–H and O–H groups in total. The van der Waals surface area contributed by atoms with E-state index in [4.69, 9.17) is 4.74 Å². The first-order chi connectivity index (χ1) is 12.6. The Balaban J connectivity index is 1.99. The van der Waals surface area contributed by atoms with E-state index in [0.717, 1.165) is 18.4 Å². The number of carbonyl (C=O) groups is 2. The Kier molecular flexibility index (Phi) is 5.24. The highest BCUT2D eigenvalue weighted by Gasteiger charge is 2.40. The van der Waals surface area contributed by atoms with Gasteiger partial charge in [-0.15, -0.1) is 0 Å². The monoisotopic (exact) mass is 372 g/mol. The smallest absolute Gasteiger partial charge is 0.270 e. The van der Waals surface area contributed by atoms with Crippen molar-refractivity contribution in [2.45, 2.75) is 84.4 Å². The number of anilines is 1. The number of ether oxygens (including phenoxy) is 1. The summed E-state index contributed by atoms with van der Waals surface area (Å²) in [6.07, 6.45) is 5.77. The van der Waals surface area contributed by atoms with Crippen LogP contribution in [0.1, 0.15) is 75.7 Å². The van der Waals surface area contributed by atoms with Crippen molar-refractivity contribution >= 4 is 17.5 Å². The van der Waals surface area contributed by atoms with Crippen molar-refractivity contribution in [3.63, 3.8) is 0 Å². The summed E-state index contributed by atoms with van der Waals surface area (Å²) in [7, 11) is 1.75. The summed E-state index contributed by atoms with van der Waals surface area (Å²) in [5, 5.41) is 0. The van der Waals surface area contributed by atoms with Crippen molar-refractivity contribution in [1.29, 1.82) is 0 Å². The molecule has 0 radical (unpaired) electrons. The molecule has 2 amide bonds. The molecule has 1 saturated carbocycles. The van der Waals surface area contributed by atoms with E-state index in [-0.39, 0.29) is 17.9 Å². The quantitative estimate of drug-likeness (QED) is 0.794. The number of carbonyl (C=O) groups excluding carboxylic acids is 2. The van der Waals surface area contributed by atoms with Gasteiger partial charge < -0.3 is 14.5 Å². The van der Waals surface area contributed by atoms with Crippen LogP contribution in [0, 0.1) is 6.92 Å². The molecule has 0 atom stereocenters. The molecule has 0 saturated heterocycles. The highest BCUT2D eigenvalue weighted by molar-refractivity contribution is 6.04. The normalized spacial score (nSPS) is 19.7. The summed E-state index contributed by atoms with van der Waals surface area (Å²) >= 11 is 0. The largest absolute Gasteiger partial charge is 0.476 e. The Bertz CT molecular complexity index is 748. The van der Waals surface area contributed by atoms with Crippen LogP contribution < -0.4 is 9.64 Å². The van der Waals surface area contributed by atoms with Gasteiger partial charge in [0.15, 0.2) is 5.60 Å². The van der Waals surface area contributed by atoms with Crippen molar-refractivity contribution < 1.29 is 14.3 Å². The van der Waals surface area contributed by atoms with Crippen LogP contribution in [0.3, 0.4) is 0 Å². The molecule has 5 heteroatoms. The minimum atomic E-state index is -0.897. The molecule has 1 aromatic rings. The van der Waals surface area contributed by atoms with Gasteiger partial charge in [0.2, 0.25) is 0 Å². The fourth-order valence-corrected chi connectivity index (χ4v) is 4.40. The third-order valence-corrected chi connectivity index (χ3v) is 5.84. The van der Waals surface area contributed by atoms with Crippen LogP contribution in [0.25, 0.3) is 0 Å². The topological polar surface area (TPSA) is 49.9 Å². The number of hydrogen-bond donors (Lipinski definition) is 0. The van der Waals surface area contributed by atoms with Crippen LogP contribution >= 0.6 is 0 Å². The minimum Gasteiger partial charge on any atom is -0.476 e. The van der Waals surface area contributed by atoms with Gasteiger partial charge >= 0.3 is 0 Å². The van der Waals surface area contributed by atoms with Crippen LogP contribution in [0.4, 0.5) is 5.69 Å². The van der Waals surface area contributed by atoms with E-state index >= 15 is 0 Å². The van der Waals surface area contributed by atoms with Crippen molar-refractivity contribution in [1.82, 2.24) is 4.90 Å². The summed E-state index contributed by atoms with van der Waals surface area (Å²) in [6.45, 7) is 9.65. The number of likely N-dealkylation sites (N-methyl/N-ethyl adjacent to an activating group) is 1. The molecule has 1 heterocycles. The molecule has 0 bridgehead atoms. The number of aryl methyl sites for hydroxylation is 1. The molecular weight excluding hydrogens is 340 g/mol. The van der Waals surface area contributed by atoms with Gasteiger partial charge in [-0.1, -0.05) is 19.3 Å². The SMILES string of the molecule is Cc1cc2c(cc1C(=O)N(C(C)C)C1CCCCC1)N(C)C(=O)C(C)(C)O2. The zero-order valence-electron chi connectivity index (χ0n) is 17.5. The highest BCUT2D eigenvalue weighted by Crippen LogP contribution is 2.39. The predicted molar refractivity (Wildman–Crippen MR) is 107 cm³/mol. The molecule has 148 valence electrons. The number of fused-ring (bicyclic) bond motifs is 1. The standard InChI is InChI=1S/C22H32N2O3/c1-14(2)24(16-10-8-7-9-11-16)20(25)17-13-18-19(12-15(17)3)27-22(4,5)21(26)23(18)6/h12-14,16H,7-11H2,1-6H3. The van der Waals surface area contributed by atoms with Crippen LogP contribution in [-0.2, 0) is 4.79 Å². The van der Waals surface area contributed by atoms with Gasteiger partial charge in [-0.2, -0.15) is 0 Å². The second kappa shape index (κ2) is 7.17. The van der Waals surface area contributed by atoms with Crippen LogP contribution in [0.15, 0.2) is 12.1 Å². The molecule has 0 aromatic heterocycles. The second-order valence-electron chi connectivity index (χ2n) is 8.71. The van der Waals surface area contributed by atoms with Gasteiger partial charge in [-0.3, -0.25) is 9.59 Å². The molecular formula is C22H32N2O3. The van der Waals surface area contributed by atoms with Crippen LogP contribution in [0.2, 0.25) is 0 Å². The maximum absolute atomic E-state index is 13.5. The molecule has 3 rings (SSSR count). The molecule has 1 fully saturated rings. The summed E-state index contributed by atoms with van der Waals surface area (Å²) < 4.78 is 5.93. The first-order valence-electron chi connectivity index (χ1n) is 10.1. The average Bonchev–Trinajstić information content (AvgIpc) is 2.60. The fraction of sp³-hybridized carbons (Fsp3) is 0.636. The van der Waals surface area contributed by atoms with E-state index in [0.29, 0.717) is 23.0 Å². The van der Waals surface area contributed by atoms with Gasteiger partial charge in [0.25, 0.3) is 11.8 Å². The minimum absolute atomic E-state index is 0.0582. The van der Waals surface area contributed by atoms with Gasteiger partial charge in [0, 0.05) is 24.7 Å². The molecule has 1 aliphatic carbocycles. The first kappa shape index (κ1) is 19.7. The molecule has 1 aromatic carbocycles. The Morgan fingerprint density at radius 1 is 1.22 bits per heavy atom. The number of hydrogen-bond acceptors (Lipinski definition) is 3. The first-order valence-corrected chi connectivity index (χ1v) is 10.1. The Morgan fingerprint density at radius 2 is 1.85 bits per heavy atom. The highest BCUT2D eigenvalue weighted by atomic mass is 16.5. The summed E-state index contributed by atoms with van der Waals surface area (Å²) in [6, 6.07) is 4.17. The molecule has 27 heavy (non-hydrogen) atoms. The van der Waals surface area contributed by atoms with E-state index in [1.807, 2.05) is 24.0 Å². The number of amides is 2. The lowest BCUT2D eigenvalue weighted by atomic mass is 9.92. The third-order valence-electron chi connectivity index (χ3n) is 5.84. The lowest BCUT2D eigenvalue weighted by Crippen LogP contribution is -2.51. The molecule has 2 aliphatic rings. The van der Waals surface area contributed by atoms with E-state index in [1.54, 1.807) is 25.8 Å². The number of benzene rings is 1. The van der Waals surface area contributed by atoms with Crippen molar-refractivity contribution in [3.8, 4) is 5.75 Å². The van der Waals surface area contributed by atoms with E-state index in [2.05, 4.69) is 13.8 Å². The van der Waals surface area contributed by atoms with Gasteiger partial charge in [0.05, 0.1) is 5.69 Å². The fourth-order valence-electron chi connectivity index (χ4n) is 4.40. The van der Waals surface area contributed by atoms with Gasteiger partial charge in [-0.25, -0.2) is 0 Å². The second-order valence-corrected chi connectivity index (χ2v) is 8.71. The van der Waals surface area contributed by atoms with Gasteiger partial charge in [-0.05, 0) is 65.2 Å². The Morgan fingerprint density at radius 3 is 2.44 bits per heavy atom. The van der Waals surface area contributed by atoms with Gasteiger partial charge in [0.1, 0.15) is 5.75 Å². The molecule has 1 aliphatic heterocycles. The predicted octanol–water partition coefficient (Wildman–Crippen LogP) is 4.31. The van der Waals surface area contributed by atoms with E-state index in [1.165, 1.54) is 19.3 Å². The number of nitrogens with zero attached hydrogens (tertiary/aromatic N) is 2. The lowest BCUT2D eigenvalue weighted by Gasteiger charge is -2.39. The lowest BCUT2D eigenvalue weighted by molar-refractivity contribution is -0.132. The van der Waals surface area contributed by atoms with Crippen molar-refractivity contribution in [2.75, 3.05) is 11.9 Å². The van der Waals surface area contributed by atoms with Crippen LogP contribution in [0.5, 0.6) is 5.75 Å². The maximum Gasteiger partial charge on any atom is 0.270 e. The van der Waals surface area contributed by atoms with Crippen molar-refractivity contribution in [3.05, 3.63) is 23.3 Å². The van der Waals surface area contributed by atoms with Crippen LogP contribution in [-0.4, -0.2) is 41.4 Å². The van der Waals surface area contributed by atoms with Crippen molar-refractivity contribution in [2.24, 2.45) is 0 Å². The molecule has 0 spiro atoms. The molecule has 0 unspecified atom stereocenters. The number of rotatable bonds is 3. The summed E-state index contributed by atoms with van der Waals surface area (Å²) in [5.74, 6) is 0.609. The zero-order valence-corrected chi connectivity index (χ0v) is 17.5. The van der Waals surface area contributed by atoms with E-state index in [9.17, 15) is 9.59 Å². The summed E-state index contributed by atoms with van der Waals surface area (Å²) in [4.78, 5) is 29.7. The Labute approximate surface area is 162 Å². The summed E-state index contributed by atoms with van der Waals surface area (Å²) in [5.41, 5.74) is 1.32. The Hall–Kier alpha value is -2.04. The molecule has 5 nitrogen and oxygen atoms in total.